The van der Waals surface area contributed by atoms with Gasteiger partial charge in [-0.1, -0.05) is 24.3 Å². The van der Waals surface area contributed by atoms with Crippen molar-refractivity contribution < 1.29 is 18.0 Å². The standard InChI is InChI=1S/C19H12F3NOS/c20-10-5-6-12(16(22)7-10)13-8-17(24)23-18-14(9-25-19(13)18)11-3-1-2-4-15(11)21/h1-7,9,13H,8H2,(H,23,24)/t13-/m0/s1. The first-order valence-electron chi connectivity index (χ1n) is 7.65. The number of carbonyl (C=O) groups is 1. The van der Waals surface area contributed by atoms with Gasteiger partial charge >= 0.3 is 0 Å². The van der Waals surface area contributed by atoms with Gasteiger partial charge in [-0.15, -0.1) is 11.3 Å². The summed E-state index contributed by atoms with van der Waals surface area (Å²) in [5, 5.41) is 4.53. The Bertz CT molecular complexity index is 983. The maximum atomic E-state index is 14.2. The Morgan fingerprint density at radius 1 is 1.00 bits per heavy atom. The van der Waals surface area contributed by atoms with Crippen LogP contribution in [0.2, 0.25) is 0 Å². The maximum absolute atomic E-state index is 14.2. The number of fused-ring (bicyclic) bond motifs is 1. The van der Waals surface area contributed by atoms with Gasteiger partial charge in [0.25, 0.3) is 0 Å². The van der Waals surface area contributed by atoms with E-state index in [1.807, 2.05) is 0 Å². The second kappa shape index (κ2) is 6.04. The highest BCUT2D eigenvalue weighted by atomic mass is 32.1. The molecule has 1 amide bonds. The fourth-order valence-electron chi connectivity index (χ4n) is 3.14. The molecule has 0 bridgehead atoms. The summed E-state index contributed by atoms with van der Waals surface area (Å²) in [6, 6.07) is 9.63. The number of hydrogen-bond donors (Lipinski definition) is 1. The van der Waals surface area contributed by atoms with Gasteiger partial charge in [-0.25, -0.2) is 13.2 Å². The van der Waals surface area contributed by atoms with Gasteiger partial charge in [-0.2, -0.15) is 0 Å². The number of thiophene rings is 1. The summed E-state index contributed by atoms with van der Waals surface area (Å²) >= 11 is 1.33. The summed E-state index contributed by atoms with van der Waals surface area (Å²) in [6.07, 6.45) is 0.0623. The van der Waals surface area contributed by atoms with E-state index in [-0.39, 0.29) is 17.9 Å². The van der Waals surface area contributed by atoms with E-state index in [4.69, 9.17) is 0 Å². The van der Waals surface area contributed by atoms with Crippen molar-refractivity contribution in [1.29, 1.82) is 0 Å². The number of anilines is 1. The predicted molar refractivity (Wildman–Crippen MR) is 91.2 cm³/mol. The van der Waals surface area contributed by atoms with Crippen LogP contribution in [0.1, 0.15) is 22.8 Å². The number of rotatable bonds is 2. The maximum Gasteiger partial charge on any atom is 0.225 e. The van der Waals surface area contributed by atoms with E-state index in [1.165, 1.54) is 29.5 Å². The molecule has 3 aromatic rings. The van der Waals surface area contributed by atoms with Crippen LogP contribution in [0.4, 0.5) is 18.9 Å². The Morgan fingerprint density at radius 2 is 1.80 bits per heavy atom. The van der Waals surface area contributed by atoms with Crippen LogP contribution in [0.25, 0.3) is 11.1 Å². The molecule has 4 rings (SSSR count). The fourth-order valence-corrected chi connectivity index (χ4v) is 4.28. The Kier molecular flexibility index (Phi) is 3.84. The van der Waals surface area contributed by atoms with Crippen molar-refractivity contribution in [1.82, 2.24) is 0 Å². The molecule has 0 fully saturated rings. The third-order valence-electron chi connectivity index (χ3n) is 4.29. The minimum Gasteiger partial charge on any atom is -0.325 e. The molecule has 1 N–H and O–H groups in total. The van der Waals surface area contributed by atoms with Crippen LogP contribution < -0.4 is 5.32 Å². The van der Waals surface area contributed by atoms with Gasteiger partial charge in [0.15, 0.2) is 0 Å². The van der Waals surface area contributed by atoms with Crippen molar-refractivity contribution in [3.63, 3.8) is 0 Å². The highest BCUT2D eigenvalue weighted by Crippen LogP contribution is 2.47. The molecule has 25 heavy (non-hydrogen) atoms. The minimum absolute atomic E-state index is 0.0623. The van der Waals surface area contributed by atoms with Crippen molar-refractivity contribution in [2.45, 2.75) is 12.3 Å². The van der Waals surface area contributed by atoms with Gasteiger partial charge < -0.3 is 5.32 Å². The SMILES string of the molecule is O=C1C[C@@H](c2ccc(F)cc2F)c2scc(-c3ccccc3F)c2N1. The van der Waals surface area contributed by atoms with Gasteiger partial charge in [0.2, 0.25) is 5.91 Å². The molecule has 2 heterocycles. The third kappa shape index (κ3) is 2.72. The van der Waals surface area contributed by atoms with Crippen LogP contribution in [-0.4, -0.2) is 5.91 Å². The molecule has 0 radical (unpaired) electrons. The highest BCUT2D eigenvalue weighted by Gasteiger charge is 2.32. The van der Waals surface area contributed by atoms with E-state index in [0.717, 1.165) is 10.9 Å². The molecule has 0 spiro atoms. The molecule has 1 aromatic heterocycles. The number of nitrogens with one attached hydrogen (secondary N) is 1. The van der Waals surface area contributed by atoms with Crippen LogP contribution in [-0.2, 0) is 4.79 Å². The van der Waals surface area contributed by atoms with Crippen LogP contribution in [0.3, 0.4) is 0 Å². The lowest BCUT2D eigenvalue weighted by Crippen LogP contribution is -2.23. The molecule has 0 unspecified atom stereocenters. The summed E-state index contributed by atoms with van der Waals surface area (Å²) in [4.78, 5) is 12.9. The normalized spacial score (nSPS) is 16.4. The quantitative estimate of drug-likeness (QED) is 0.660. The van der Waals surface area contributed by atoms with Gasteiger partial charge in [-0.3, -0.25) is 4.79 Å². The first-order chi connectivity index (χ1) is 12.0. The summed E-state index contributed by atoms with van der Waals surface area (Å²) in [5.41, 5.74) is 1.71. The highest BCUT2D eigenvalue weighted by molar-refractivity contribution is 7.11. The Balaban J connectivity index is 1.86. The van der Waals surface area contributed by atoms with Crippen molar-refractivity contribution >= 4 is 22.9 Å². The van der Waals surface area contributed by atoms with E-state index in [9.17, 15) is 18.0 Å². The smallest absolute Gasteiger partial charge is 0.225 e. The Labute approximate surface area is 145 Å². The molecule has 2 nitrogen and oxygen atoms in total. The van der Waals surface area contributed by atoms with E-state index in [1.54, 1.807) is 23.6 Å². The van der Waals surface area contributed by atoms with Gasteiger partial charge in [0.1, 0.15) is 17.5 Å². The fraction of sp³-hybridized carbons (Fsp3) is 0.105. The second-order valence-corrected chi connectivity index (χ2v) is 6.75. The van der Waals surface area contributed by atoms with Crippen molar-refractivity contribution in [2.24, 2.45) is 0 Å². The Hall–Kier alpha value is -2.60. The average Bonchev–Trinajstić information content (AvgIpc) is 2.98. The second-order valence-electron chi connectivity index (χ2n) is 5.84. The molecule has 0 aliphatic carbocycles. The van der Waals surface area contributed by atoms with Gasteiger partial charge in [0.05, 0.1) is 5.69 Å². The molecular formula is C19H12F3NOS. The summed E-state index contributed by atoms with van der Waals surface area (Å²) in [6.45, 7) is 0. The molecule has 126 valence electrons. The zero-order valence-corrected chi connectivity index (χ0v) is 13.7. The van der Waals surface area contributed by atoms with E-state index >= 15 is 0 Å². The number of carbonyl (C=O) groups excluding carboxylic acids is 1. The third-order valence-corrected chi connectivity index (χ3v) is 5.39. The van der Waals surface area contributed by atoms with Crippen molar-refractivity contribution in [2.75, 3.05) is 5.32 Å². The van der Waals surface area contributed by atoms with E-state index < -0.39 is 23.4 Å². The molecule has 1 aliphatic heterocycles. The molecule has 6 heteroatoms. The van der Waals surface area contributed by atoms with Gasteiger partial charge in [-0.05, 0) is 17.7 Å². The molecule has 1 atom stereocenters. The number of benzene rings is 2. The van der Waals surface area contributed by atoms with Crippen LogP contribution in [0.15, 0.2) is 47.8 Å². The van der Waals surface area contributed by atoms with Crippen LogP contribution in [0, 0.1) is 17.5 Å². The summed E-state index contributed by atoms with van der Waals surface area (Å²) in [7, 11) is 0. The predicted octanol–water partition coefficient (Wildman–Crippen LogP) is 5.31. The lowest BCUT2D eigenvalue weighted by molar-refractivity contribution is -0.116. The van der Waals surface area contributed by atoms with Crippen LogP contribution >= 0.6 is 11.3 Å². The zero-order valence-electron chi connectivity index (χ0n) is 12.9. The molecule has 0 saturated carbocycles. The van der Waals surface area contributed by atoms with Gasteiger partial charge in [0, 0.05) is 39.8 Å². The van der Waals surface area contributed by atoms with Crippen molar-refractivity contribution in [3.8, 4) is 11.1 Å². The lowest BCUT2D eigenvalue weighted by Gasteiger charge is -2.24. The number of amides is 1. The van der Waals surface area contributed by atoms with Crippen LogP contribution in [0.5, 0.6) is 0 Å². The Morgan fingerprint density at radius 3 is 2.56 bits per heavy atom. The van der Waals surface area contributed by atoms with Crippen molar-refractivity contribution in [3.05, 3.63) is 75.7 Å². The molecule has 2 aromatic carbocycles. The monoisotopic (exact) mass is 359 g/mol. The first kappa shape index (κ1) is 15.9. The number of hydrogen-bond acceptors (Lipinski definition) is 2. The topological polar surface area (TPSA) is 29.1 Å². The lowest BCUT2D eigenvalue weighted by atomic mass is 9.88. The molecular weight excluding hydrogens is 347 g/mol. The largest absolute Gasteiger partial charge is 0.325 e. The first-order valence-corrected chi connectivity index (χ1v) is 8.53. The minimum atomic E-state index is -0.688. The van der Waals surface area contributed by atoms with E-state index in [0.29, 0.717) is 16.8 Å². The van der Waals surface area contributed by atoms with E-state index in [2.05, 4.69) is 5.32 Å². The summed E-state index contributed by atoms with van der Waals surface area (Å²) < 4.78 is 41.6. The number of halogens is 3. The average molecular weight is 359 g/mol. The molecule has 1 aliphatic rings. The molecule has 0 saturated heterocycles. The summed E-state index contributed by atoms with van der Waals surface area (Å²) in [5.74, 6) is -2.55. The zero-order chi connectivity index (χ0) is 17.6.